The largest absolute Gasteiger partial charge is 0.397 e. The van der Waals surface area contributed by atoms with E-state index in [1.54, 1.807) is 22.7 Å². The van der Waals surface area contributed by atoms with Crippen LogP contribution in [0, 0.1) is 16.0 Å². The van der Waals surface area contributed by atoms with Crippen molar-refractivity contribution in [2.75, 3.05) is 5.73 Å². The Balaban J connectivity index is 0.000000148. The van der Waals surface area contributed by atoms with Crippen LogP contribution in [0.5, 0.6) is 0 Å². The molecule has 202 valence electrons. The van der Waals surface area contributed by atoms with Crippen LogP contribution in [0.4, 0.5) is 5.69 Å². The number of carbonyl (C=O) groups is 1. The molecule has 0 spiro atoms. The number of aromatic amines is 1. The number of carbonyl (C=O) groups excluding carboxylic acids is 1. The van der Waals surface area contributed by atoms with Crippen molar-refractivity contribution < 1.29 is 4.79 Å². The molecule has 0 saturated heterocycles. The molecule has 1 amide bonds. The van der Waals surface area contributed by atoms with Gasteiger partial charge in [0.1, 0.15) is 20.4 Å². The van der Waals surface area contributed by atoms with Crippen molar-refractivity contribution in [3.05, 3.63) is 72.6 Å². The lowest BCUT2D eigenvalue weighted by Gasteiger charge is -2.19. The number of rotatable bonds is 3. The lowest BCUT2D eigenvalue weighted by Crippen LogP contribution is -2.11. The van der Waals surface area contributed by atoms with Gasteiger partial charge in [-0.3, -0.25) is 4.79 Å². The zero-order valence-electron chi connectivity index (χ0n) is 21.7. The molecule has 40 heavy (non-hydrogen) atoms. The second-order valence-electron chi connectivity index (χ2n) is 9.94. The molecule has 0 atom stereocenters. The maximum atomic E-state index is 11.6. The molecule has 2 aliphatic rings. The maximum absolute atomic E-state index is 11.6. The number of H-pyrrole nitrogens is 1. The standard InChI is InChI=1S/C16H15N3OS2.C14H12N2S2/c17-13-12-11(10-6-3-7-21-10)8-4-1-2-5-9(8)19-16(12)22-14(13)15(18)20;15-8-10-13(12-6-3-7-18-12)9-4-1-2-5-11(9)16-14(10)17/h3,6-7H,1-2,4-5,17H2,(H2,18,20);3,6-7H,1-2,4-5H2,(H,16,17). The van der Waals surface area contributed by atoms with Crippen molar-refractivity contribution in [3.63, 3.8) is 0 Å². The van der Waals surface area contributed by atoms with Crippen molar-refractivity contribution in [2.24, 2.45) is 5.73 Å². The smallest absolute Gasteiger partial charge is 0.260 e. The number of primary amides is 1. The van der Waals surface area contributed by atoms with Gasteiger partial charge in [-0.15, -0.1) is 34.0 Å². The molecule has 2 aliphatic carbocycles. The van der Waals surface area contributed by atoms with Gasteiger partial charge in [-0.1, -0.05) is 24.4 Å². The zero-order valence-corrected chi connectivity index (χ0v) is 25.0. The minimum atomic E-state index is -0.476. The van der Waals surface area contributed by atoms with Crippen molar-refractivity contribution >= 4 is 68.0 Å². The summed E-state index contributed by atoms with van der Waals surface area (Å²) >= 11 is 10.0. The van der Waals surface area contributed by atoms with E-state index in [2.05, 4.69) is 28.6 Å². The molecule has 0 bridgehead atoms. The molecular weight excluding hydrogens is 575 g/mol. The Labute approximate surface area is 249 Å². The van der Waals surface area contributed by atoms with E-state index >= 15 is 0 Å². The first-order valence-electron chi connectivity index (χ1n) is 13.3. The molecule has 0 saturated carbocycles. The van der Waals surface area contributed by atoms with Gasteiger partial charge in [0, 0.05) is 37.7 Å². The van der Waals surface area contributed by atoms with E-state index in [0.717, 1.165) is 57.6 Å². The van der Waals surface area contributed by atoms with E-state index < -0.39 is 5.91 Å². The lowest BCUT2D eigenvalue weighted by molar-refractivity contribution is 0.100. The Hall–Kier alpha value is -3.36. The molecule has 7 rings (SSSR count). The third kappa shape index (κ3) is 4.77. The summed E-state index contributed by atoms with van der Waals surface area (Å²) in [4.78, 5) is 23.3. The van der Waals surface area contributed by atoms with Crippen LogP contribution in [0.1, 0.15) is 63.4 Å². The van der Waals surface area contributed by atoms with Gasteiger partial charge < -0.3 is 16.5 Å². The van der Waals surface area contributed by atoms with Crippen LogP contribution < -0.4 is 11.5 Å². The van der Waals surface area contributed by atoms with E-state index in [9.17, 15) is 10.1 Å². The average molecular weight is 602 g/mol. The summed E-state index contributed by atoms with van der Waals surface area (Å²) in [5.74, 6) is -0.476. The first-order valence-corrected chi connectivity index (χ1v) is 16.3. The number of thiophene rings is 3. The van der Waals surface area contributed by atoms with Gasteiger partial charge in [-0.2, -0.15) is 5.26 Å². The number of anilines is 1. The summed E-state index contributed by atoms with van der Waals surface area (Å²) in [6, 6.07) is 10.5. The Morgan fingerprint density at radius 2 is 1.62 bits per heavy atom. The highest BCUT2D eigenvalue weighted by atomic mass is 32.1. The Bertz CT molecular complexity index is 1820. The Kier molecular flexibility index (Phi) is 7.55. The fraction of sp³-hybridized carbons (Fsp3) is 0.267. The highest BCUT2D eigenvalue weighted by Gasteiger charge is 2.25. The van der Waals surface area contributed by atoms with Crippen LogP contribution in [0.3, 0.4) is 0 Å². The number of nitrogens with zero attached hydrogens (tertiary/aromatic N) is 2. The van der Waals surface area contributed by atoms with Crippen molar-refractivity contribution in [1.29, 1.82) is 5.26 Å². The van der Waals surface area contributed by atoms with Gasteiger partial charge in [0.05, 0.1) is 11.3 Å². The number of hydrogen-bond donors (Lipinski definition) is 3. The molecule has 5 aromatic heterocycles. The van der Waals surface area contributed by atoms with Crippen LogP contribution in [-0.4, -0.2) is 15.9 Å². The first-order chi connectivity index (χ1) is 19.5. The van der Waals surface area contributed by atoms with Crippen LogP contribution >= 0.6 is 46.2 Å². The molecule has 0 fully saturated rings. The average Bonchev–Trinajstić information content (AvgIpc) is 3.74. The van der Waals surface area contributed by atoms with E-state index in [0.29, 0.717) is 20.8 Å². The molecule has 5 N–H and O–H groups in total. The van der Waals surface area contributed by atoms with Crippen LogP contribution in [0.2, 0.25) is 0 Å². The van der Waals surface area contributed by atoms with Crippen LogP contribution in [0.15, 0.2) is 35.0 Å². The number of nitrogens with two attached hydrogens (primary N) is 2. The number of fused-ring (bicyclic) bond motifs is 3. The summed E-state index contributed by atoms with van der Waals surface area (Å²) in [6.07, 6.45) is 8.84. The normalized spacial score (nSPS) is 14.1. The van der Waals surface area contributed by atoms with E-state index in [1.807, 2.05) is 17.5 Å². The van der Waals surface area contributed by atoms with E-state index in [4.69, 9.17) is 28.7 Å². The predicted molar refractivity (Wildman–Crippen MR) is 169 cm³/mol. The summed E-state index contributed by atoms with van der Waals surface area (Å²) in [6.45, 7) is 0. The lowest BCUT2D eigenvalue weighted by atomic mass is 9.89. The third-order valence-corrected chi connectivity index (χ3v) is 10.7. The fourth-order valence-electron chi connectivity index (χ4n) is 5.77. The van der Waals surface area contributed by atoms with Gasteiger partial charge in [0.25, 0.3) is 5.91 Å². The molecule has 5 aromatic rings. The van der Waals surface area contributed by atoms with E-state index in [1.165, 1.54) is 58.7 Å². The number of hydrogen-bond acceptors (Lipinski definition) is 8. The number of amides is 1. The number of aromatic nitrogens is 2. The maximum Gasteiger partial charge on any atom is 0.260 e. The van der Waals surface area contributed by atoms with Gasteiger partial charge in [0.15, 0.2) is 0 Å². The molecule has 6 nitrogen and oxygen atoms in total. The molecule has 10 heteroatoms. The summed E-state index contributed by atoms with van der Waals surface area (Å²) in [5, 5.41) is 14.4. The highest BCUT2D eigenvalue weighted by Crippen LogP contribution is 2.44. The molecule has 0 radical (unpaired) electrons. The number of pyridine rings is 2. The molecule has 0 aromatic carbocycles. The summed E-state index contributed by atoms with van der Waals surface area (Å²) in [7, 11) is 0. The quantitative estimate of drug-likeness (QED) is 0.182. The monoisotopic (exact) mass is 601 g/mol. The van der Waals surface area contributed by atoms with Gasteiger partial charge in [-0.25, -0.2) is 4.98 Å². The first kappa shape index (κ1) is 26.8. The van der Waals surface area contributed by atoms with Gasteiger partial charge >= 0.3 is 0 Å². The third-order valence-electron chi connectivity index (χ3n) is 7.54. The SMILES string of the molecule is N#Cc1c(-c2cccs2)c2c([nH]c1=S)CCCC2.NC(=O)c1sc2nc3c(c(-c4cccs4)c2c1N)CCCC3. The van der Waals surface area contributed by atoms with Crippen LogP contribution in [0.25, 0.3) is 31.1 Å². The molecule has 0 unspecified atom stereocenters. The minimum absolute atomic E-state index is 0.419. The Morgan fingerprint density at radius 1 is 0.975 bits per heavy atom. The fourth-order valence-corrected chi connectivity index (χ4v) is 8.62. The van der Waals surface area contributed by atoms with Gasteiger partial charge in [0.2, 0.25) is 0 Å². The molecule has 0 aliphatic heterocycles. The number of nitriles is 1. The number of nitrogens with one attached hydrogen (secondary N) is 1. The zero-order chi connectivity index (χ0) is 27.8. The van der Waals surface area contributed by atoms with Crippen molar-refractivity contribution in [3.8, 4) is 27.0 Å². The second-order valence-corrected chi connectivity index (χ2v) is 13.2. The van der Waals surface area contributed by atoms with Gasteiger partial charge in [-0.05, 0) is 85.4 Å². The second kappa shape index (κ2) is 11.3. The highest BCUT2D eigenvalue weighted by molar-refractivity contribution is 7.71. The van der Waals surface area contributed by atoms with Crippen LogP contribution in [-0.2, 0) is 25.7 Å². The number of aryl methyl sites for hydroxylation is 2. The predicted octanol–water partition coefficient (Wildman–Crippen LogP) is 7.81. The Morgan fingerprint density at radius 3 is 2.27 bits per heavy atom. The van der Waals surface area contributed by atoms with E-state index in [-0.39, 0.29) is 0 Å². The topological polar surface area (TPSA) is 122 Å². The molecular formula is C30H27N5OS4. The summed E-state index contributed by atoms with van der Waals surface area (Å²) < 4.78 is 0.585. The van der Waals surface area contributed by atoms with Crippen molar-refractivity contribution in [1.82, 2.24) is 9.97 Å². The molecule has 5 heterocycles. The van der Waals surface area contributed by atoms with Crippen molar-refractivity contribution in [2.45, 2.75) is 51.4 Å². The summed E-state index contributed by atoms with van der Waals surface area (Å²) in [5.41, 5.74) is 20.1. The number of nitrogen functional groups attached to an aromatic ring is 1. The minimum Gasteiger partial charge on any atom is -0.397 e.